The summed E-state index contributed by atoms with van der Waals surface area (Å²) >= 11 is 0. The standard InChI is InChI=1S/C23H29N3O5S/c1-14(2)22(23(28)24-18-6-8-19(31-5)9-7-18)25-32(29,30)20-10-11-21-17(13-20)12-15(3)26(21)16(4)27/h6-11,13-15,22,25H,12H2,1-5H3,(H,24,28)/t15-,22+/m1/s1. The normalized spacial score (nSPS) is 16.6. The minimum Gasteiger partial charge on any atom is -0.497 e. The highest BCUT2D eigenvalue weighted by atomic mass is 32.2. The molecule has 1 heterocycles. The molecule has 0 unspecified atom stereocenters. The molecule has 1 aliphatic heterocycles. The lowest BCUT2D eigenvalue weighted by Crippen LogP contribution is -2.47. The van der Waals surface area contributed by atoms with Crippen LogP contribution in [-0.4, -0.2) is 39.4 Å². The van der Waals surface area contributed by atoms with E-state index in [4.69, 9.17) is 4.74 Å². The van der Waals surface area contributed by atoms with Crippen molar-refractivity contribution in [3.63, 3.8) is 0 Å². The van der Waals surface area contributed by atoms with Gasteiger partial charge in [-0.05, 0) is 67.3 Å². The number of amides is 2. The first-order chi connectivity index (χ1) is 15.0. The molecule has 0 saturated carbocycles. The first-order valence-corrected chi connectivity index (χ1v) is 11.9. The van der Waals surface area contributed by atoms with E-state index in [0.29, 0.717) is 17.9 Å². The Labute approximate surface area is 189 Å². The molecule has 0 radical (unpaired) electrons. The molecule has 2 aromatic rings. The molecule has 32 heavy (non-hydrogen) atoms. The van der Waals surface area contributed by atoms with Crippen LogP contribution in [0.3, 0.4) is 0 Å². The topological polar surface area (TPSA) is 105 Å². The van der Waals surface area contributed by atoms with E-state index in [0.717, 1.165) is 11.3 Å². The fourth-order valence-electron chi connectivity index (χ4n) is 3.88. The zero-order valence-corrected chi connectivity index (χ0v) is 19.7. The summed E-state index contributed by atoms with van der Waals surface area (Å²) in [5.74, 6) is -0.171. The molecule has 8 nitrogen and oxygen atoms in total. The van der Waals surface area contributed by atoms with E-state index < -0.39 is 22.0 Å². The summed E-state index contributed by atoms with van der Waals surface area (Å²) in [6.45, 7) is 6.96. The van der Waals surface area contributed by atoms with Crippen LogP contribution in [0.5, 0.6) is 5.75 Å². The Morgan fingerprint density at radius 2 is 1.78 bits per heavy atom. The molecule has 2 atom stereocenters. The average Bonchev–Trinajstić information content (AvgIpc) is 3.07. The molecule has 2 N–H and O–H groups in total. The van der Waals surface area contributed by atoms with Crippen LogP contribution < -0.4 is 19.7 Å². The molecule has 3 rings (SSSR count). The predicted molar refractivity (Wildman–Crippen MR) is 123 cm³/mol. The SMILES string of the molecule is COc1ccc(NC(=O)[C@@H](NS(=O)(=O)c2ccc3c(c2)C[C@@H](C)N3C(C)=O)C(C)C)cc1. The van der Waals surface area contributed by atoms with Crippen molar-refractivity contribution in [3.8, 4) is 5.75 Å². The number of nitrogens with one attached hydrogen (secondary N) is 2. The van der Waals surface area contributed by atoms with Crippen molar-refractivity contribution >= 4 is 33.2 Å². The van der Waals surface area contributed by atoms with Crippen LogP contribution in [0.1, 0.15) is 33.3 Å². The van der Waals surface area contributed by atoms with Crippen LogP contribution in [0.4, 0.5) is 11.4 Å². The second-order valence-electron chi connectivity index (χ2n) is 8.29. The fourth-order valence-corrected chi connectivity index (χ4v) is 5.27. The van der Waals surface area contributed by atoms with Crippen LogP contribution in [0.2, 0.25) is 0 Å². The largest absolute Gasteiger partial charge is 0.497 e. The summed E-state index contributed by atoms with van der Waals surface area (Å²) < 4.78 is 33.8. The van der Waals surface area contributed by atoms with Gasteiger partial charge in [-0.3, -0.25) is 9.59 Å². The third kappa shape index (κ3) is 4.94. The lowest BCUT2D eigenvalue weighted by Gasteiger charge is -2.22. The molecule has 0 aromatic heterocycles. The van der Waals surface area contributed by atoms with Crippen molar-refractivity contribution in [2.75, 3.05) is 17.3 Å². The molecule has 0 spiro atoms. The molecule has 2 aromatic carbocycles. The Hall–Kier alpha value is -2.91. The van der Waals surface area contributed by atoms with E-state index in [1.165, 1.54) is 13.0 Å². The van der Waals surface area contributed by atoms with Crippen LogP contribution >= 0.6 is 0 Å². The van der Waals surface area contributed by atoms with Gasteiger partial charge in [-0.15, -0.1) is 0 Å². The molecular formula is C23H29N3O5S. The third-order valence-electron chi connectivity index (χ3n) is 5.50. The third-order valence-corrected chi connectivity index (χ3v) is 6.94. The van der Waals surface area contributed by atoms with Crippen molar-refractivity contribution in [2.45, 2.75) is 51.1 Å². The lowest BCUT2D eigenvalue weighted by atomic mass is 10.0. The molecular weight excluding hydrogens is 430 g/mol. The van der Waals surface area contributed by atoms with Crippen LogP contribution in [0.25, 0.3) is 0 Å². The number of hydrogen-bond acceptors (Lipinski definition) is 5. The first kappa shape index (κ1) is 23.7. The van der Waals surface area contributed by atoms with Crippen LogP contribution in [0, 0.1) is 5.92 Å². The monoisotopic (exact) mass is 459 g/mol. The van der Waals surface area contributed by atoms with Crippen LogP contribution in [-0.2, 0) is 26.0 Å². The maximum Gasteiger partial charge on any atom is 0.242 e. The summed E-state index contributed by atoms with van der Waals surface area (Å²) in [6, 6.07) is 10.5. The number of ether oxygens (including phenoxy) is 1. The Morgan fingerprint density at radius 1 is 1.12 bits per heavy atom. The first-order valence-electron chi connectivity index (χ1n) is 10.4. The van der Waals surface area contributed by atoms with Gasteiger partial charge in [0.15, 0.2) is 0 Å². The molecule has 172 valence electrons. The van der Waals surface area contributed by atoms with Gasteiger partial charge < -0.3 is 15.0 Å². The summed E-state index contributed by atoms with van der Waals surface area (Å²) in [4.78, 5) is 26.5. The average molecular weight is 460 g/mol. The zero-order valence-electron chi connectivity index (χ0n) is 18.9. The molecule has 0 saturated heterocycles. The van der Waals surface area contributed by atoms with Gasteiger partial charge in [0, 0.05) is 24.3 Å². The minimum atomic E-state index is -3.96. The molecule has 1 aliphatic rings. The number of hydrogen-bond donors (Lipinski definition) is 2. The number of anilines is 2. The maximum absolute atomic E-state index is 13.1. The Balaban J connectivity index is 1.80. The predicted octanol–water partition coefficient (Wildman–Crippen LogP) is 2.93. The Kier molecular flexibility index (Phi) is 6.90. The van der Waals surface area contributed by atoms with Gasteiger partial charge >= 0.3 is 0 Å². The van der Waals surface area contributed by atoms with Gasteiger partial charge in [-0.2, -0.15) is 4.72 Å². The zero-order chi connectivity index (χ0) is 23.6. The van der Waals surface area contributed by atoms with Crippen molar-refractivity contribution in [2.24, 2.45) is 5.92 Å². The van der Waals surface area contributed by atoms with Gasteiger partial charge in [-0.25, -0.2) is 8.42 Å². The van der Waals surface area contributed by atoms with Crippen molar-refractivity contribution < 1.29 is 22.7 Å². The summed E-state index contributed by atoms with van der Waals surface area (Å²) in [5, 5.41) is 2.75. The highest BCUT2D eigenvalue weighted by molar-refractivity contribution is 7.89. The highest BCUT2D eigenvalue weighted by Gasteiger charge is 2.32. The quantitative estimate of drug-likeness (QED) is 0.662. The van der Waals surface area contributed by atoms with Gasteiger partial charge in [0.05, 0.1) is 12.0 Å². The number of carbonyl (C=O) groups excluding carboxylic acids is 2. The van der Waals surface area contributed by atoms with Gasteiger partial charge in [0.25, 0.3) is 0 Å². The maximum atomic E-state index is 13.1. The second-order valence-corrected chi connectivity index (χ2v) is 10.0. The second kappa shape index (κ2) is 9.30. The highest BCUT2D eigenvalue weighted by Crippen LogP contribution is 2.34. The number of sulfonamides is 1. The van der Waals surface area contributed by atoms with Crippen molar-refractivity contribution in [1.29, 1.82) is 0 Å². The number of nitrogens with zero attached hydrogens (tertiary/aromatic N) is 1. The number of fused-ring (bicyclic) bond motifs is 1. The van der Waals surface area contributed by atoms with E-state index in [2.05, 4.69) is 10.0 Å². The van der Waals surface area contributed by atoms with Crippen LogP contribution in [0.15, 0.2) is 47.4 Å². The number of methoxy groups -OCH3 is 1. The summed E-state index contributed by atoms with van der Waals surface area (Å²) in [7, 11) is -2.41. The molecule has 2 amide bonds. The smallest absolute Gasteiger partial charge is 0.242 e. The van der Waals surface area contributed by atoms with Gasteiger partial charge in [-0.1, -0.05) is 13.8 Å². The van der Waals surface area contributed by atoms with E-state index in [-0.39, 0.29) is 22.8 Å². The van der Waals surface area contributed by atoms with E-state index in [9.17, 15) is 18.0 Å². The molecule has 9 heteroatoms. The van der Waals surface area contributed by atoms with Gasteiger partial charge in [0.2, 0.25) is 21.8 Å². The fraction of sp³-hybridized carbons (Fsp3) is 0.391. The molecule has 0 bridgehead atoms. The van der Waals surface area contributed by atoms with E-state index >= 15 is 0 Å². The van der Waals surface area contributed by atoms with E-state index in [1.807, 2.05) is 6.92 Å². The number of benzene rings is 2. The van der Waals surface area contributed by atoms with Gasteiger partial charge in [0.1, 0.15) is 11.8 Å². The minimum absolute atomic E-state index is 0.0351. The summed E-state index contributed by atoms with van der Waals surface area (Å²) in [5.41, 5.74) is 2.05. The molecule has 0 fully saturated rings. The van der Waals surface area contributed by atoms with E-state index in [1.54, 1.807) is 62.3 Å². The number of carbonyl (C=O) groups is 2. The number of rotatable bonds is 7. The van der Waals surface area contributed by atoms with Crippen molar-refractivity contribution in [1.82, 2.24) is 4.72 Å². The lowest BCUT2D eigenvalue weighted by molar-refractivity contribution is -0.118. The van der Waals surface area contributed by atoms with Crippen molar-refractivity contribution in [3.05, 3.63) is 48.0 Å². The Bertz CT molecular complexity index is 1110. The molecule has 0 aliphatic carbocycles. The Morgan fingerprint density at radius 3 is 2.34 bits per heavy atom. The summed E-state index contributed by atoms with van der Waals surface area (Å²) in [6.07, 6.45) is 0.573.